The number of likely N-dealkylation sites (N-methyl/N-ethyl adjacent to an activating group) is 1. The van der Waals surface area contributed by atoms with Crippen LogP contribution >= 0.6 is 0 Å². The van der Waals surface area contributed by atoms with Crippen molar-refractivity contribution in [1.82, 2.24) is 14.7 Å². The minimum Gasteiger partial charge on any atom is -0.341 e. The van der Waals surface area contributed by atoms with Crippen LogP contribution in [0.3, 0.4) is 0 Å². The minimum absolute atomic E-state index is 0.0549. The van der Waals surface area contributed by atoms with Crippen LogP contribution in [0.25, 0.3) is 0 Å². The Labute approximate surface area is 161 Å². The number of carbonyl (C=O) groups is 1. The zero-order chi connectivity index (χ0) is 19.8. The van der Waals surface area contributed by atoms with Crippen molar-refractivity contribution in [2.45, 2.75) is 46.2 Å². The SMILES string of the molecule is Cc1ccccc1CC(=O)N(C)Cc1c(C)nn([C@@H]2CCS(=O)(=O)C2)c1C. The molecule has 1 amide bonds. The Morgan fingerprint density at radius 3 is 2.59 bits per heavy atom. The minimum atomic E-state index is -2.96. The van der Waals surface area contributed by atoms with Crippen LogP contribution in [-0.4, -0.2) is 47.6 Å². The molecule has 2 aromatic rings. The zero-order valence-electron chi connectivity index (χ0n) is 16.4. The van der Waals surface area contributed by atoms with Crippen LogP contribution in [0.1, 0.15) is 40.5 Å². The van der Waals surface area contributed by atoms with E-state index in [0.29, 0.717) is 19.4 Å². The molecule has 6 nitrogen and oxygen atoms in total. The molecule has 1 fully saturated rings. The summed E-state index contributed by atoms with van der Waals surface area (Å²) in [6, 6.07) is 7.81. The van der Waals surface area contributed by atoms with Crippen molar-refractivity contribution in [2.24, 2.45) is 0 Å². The highest BCUT2D eigenvalue weighted by Crippen LogP contribution is 2.27. The van der Waals surface area contributed by atoms with E-state index in [2.05, 4.69) is 5.10 Å². The maximum atomic E-state index is 12.7. The number of nitrogens with zero attached hydrogens (tertiary/aromatic N) is 3. The summed E-state index contributed by atoms with van der Waals surface area (Å²) in [4.78, 5) is 14.4. The molecule has 0 aliphatic carbocycles. The van der Waals surface area contributed by atoms with Crippen LogP contribution in [-0.2, 0) is 27.6 Å². The Kier molecular flexibility index (Phi) is 5.42. The molecule has 3 rings (SSSR count). The average molecular weight is 390 g/mol. The van der Waals surface area contributed by atoms with Crippen molar-refractivity contribution >= 4 is 15.7 Å². The number of amides is 1. The molecule has 2 heterocycles. The van der Waals surface area contributed by atoms with Crippen molar-refractivity contribution in [3.8, 4) is 0 Å². The molecular weight excluding hydrogens is 362 g/mol. The lowest BCUT2D eigenvalue weighted by Gasteiger charge is -2.19. The van der Waals surface area contributed by atoms with Crippen LogP contribution in [0.2, 0.25) is 0 Å². The van der Waals surface area contributed by atoms with E-state index in [1.807, 2.05) is 49.7 Å². The third-order valence-corrected chi connectivity index (χ3v) is 7.20. The predicted molar refractivity (Wildman–Crippen MR) is 105 cm³/mol. The summed E-state index contributed by atoms with van der Waals surface area (Å²) in [6.07, 6.45) is 0.974. The second-order valence-corrected chi connectivity index (χ2v) is 9.73. The Bertz CT molecular complexity index is 963. The summed E-state index contributed by atoms with van der Waals surface area (Å²) in [5.74, 6) is 0.427. The fourth-order valence-electron chi connectivity index (χ4n) is 3.68. The topological polar surface area (TPSA) is 72.3 Å². The van der Waals surface area contributed by atoms with E-state index < -0.39 is 9.84 Å². The molecule has 1 atom stereocenters. The molecule has 1 saturated heterocycles. The predicted octanol–water partition coefficient (Wildman–Crippen LogP) is 2.37. The summed E-state index contributed by atoms with van der Waals surface area (Å²) in [5, 5.41) is 4.58. The van der Waals surface area contributed by atoms with Gasteiger partial charge in [-0.25, -0.2) is 8.42 Å². The van der Waals surface area contributed by atoms with Crippen molar-refractivity contribution in [1.29, 1.82) is 0 Å². The standard InChI is InChI=1S/C20H27N3O3S/c1-14-7-5-6-8-17(14)11-20(24)22(4)12-19-15(2)21-23(16(19)3)18-9-10-27(25,26)13-18/h5-8,18H,9-13H2,1-4H3/t18-/m1/s1. The zero-order valence-corrected chi connectivity index (χ0v) is 17.2. The molecule has 7 heteroatoms. The summed E-state index contributed by atoms with van der Waals surface area (Å²) >= 11 is 0. The van der Waals surface area contributed by atoms with Gasteiger partial charge >= 0.3 is 0 Å². The molecule has 1 aliphatic heterocycles. The van der Waals surface area contributed by atoms with E-state index in [9.17, 15) is 13.2 Å². The normalized spacial score (nSPS) is 18.6. The van der Waals surface area contributed by atoms with Crippen LogP contribution in [0.15, 0.2) is 24.3 Å². The summed E-state index contributed by atoms with van der Waals surface area (Å²) in [5.41, 5.74) is 4.95. The number of aryl methyl sites for hydroxylation is 2. The monoisotopic (exact) mass is 389 g/mol. The average Bonchev–Trinajstić information content (AvgIpc) is 3.10. The van der Waals surface area contributed by atoms with Crippen molar-refractivity contribution < 1.29 is 13.2 Å². The molecule has 1 aromatic carbocycles. The molecule has 1 aliphatic rings. The van der Waals surface area contributed by atoms with E-state index in [4.69, 9.17) is 0 Å². The fourth-order valence-corrected chi connectivity index (χ4v) is 5.37. The molecule has 0 unspecified atom stereocenters. The summed E-state index contributed by atoms with van der Waals surface area (Å²) < 4.78 is 25.4. The summed E-state index contributed by atoms with van der Waals surface area (Å²) in [7, 11) is -1.16. The largest absolute Gasteiger partial charge is 0.341 e. The quantitative estimate of drug-likeness (QED) is 0.787. The second-order valence-electron chi connectivity index (χ2n) is 7.50. The summed E-state index contributed by atoms with van der Waals surface area (Å²) in [6.45, 7) is 6.36. The van der Waals surface area contributed by atoms with Crippen LogP contribution in [0.5, 0.6) is 0 Å². The van der Waals surface area contributed by atoms with Gasteiger partial charge in [-0.2, -0.15) is 5.10 Å². The van der Waals surface area contributed by atoms with E-state index in [0.717, 1.165) is 28.1 Å². The molecule has 0 spiro atoms. The number of hydrogen-bond acceptors (Lipinski definition) is 4. The second kappa shape index (κ2) is 7.46. The van der Waals surface area contributed by atoms with E-state index in [1.165, 1.54) is 0 Å². The maximum Gasteiger partial charge on any atom is 0.227 e. The van der Waals surface area contributed by atoms with Crippen molar-refractivity contribution in [3.63, 3.8) is 0 Å². The van der Waals surface area contributed by atoms with E-state index in [1.54, 1.807) is 11.9 Å². The number of rotatable bonds is 5. The molecule has 0 N–H and O–H groups in total. The third-order valence-electron chi connectivity index (χ3n) is 5.45. The van der Waals surface area contributed by atoms with Gasteiger partial charge in [0.2, 0.25) is 5.91 Å². The van der Waals surface area contributed by atoms with Gasteiger partial charge in [-0.3, -0.25) is 9.48 Å². The first-order chi connectivity index (χ1) is 12.7. The van der Waals surface area contributed by atoms with Crippen molar-refractivity contribution in [3.05, 3.63) is 52.3 Å². The third kappa shape index (κ3) is 4.24. The van der Waals surface area contributed by atoms with Crippen LogP contribution in [0.4, 0.5) is 0 Å². The number of hydrogen-bond donors (Lipinski definition) is 0. The highest BCUT2D eigenvalue weighted by atomic mass is 32.2. The number of benzene rings is 1. The first-order valence-electron chi connectivity index (χ1n) is 9.21. The van der Waals surface area contributed by atoms with Gasteiger partial charge in [0.25, 0.3) is 0 Å². The maximum absolute atomic E-state index is 12.7. The fraction of sp³-hybridized carbons (Fsp3) is 0.500. The number of aromatic nitrogens is 2. The number of carbonyl (C=O) groups excluding carboxylic acids is 1. The van der Waals surface area contributed by atoms with Gasteiger partial charge in [-0.05, 0) is 38.3 Å². The van der Waals surface area contributed by atoms with Gasteiger partial charge in [-0.1, -0.05) is 24.3 Å². The lowest BCUT2D eigenvalue weighted by atomic mass is 10.1. The molecular formula is C20H27N3O3S. The van der Waals surface area contributed by atoms with Gasteiger partial charge in [-0.15, -0.1) is 0 Å². The Morgan fingerprint density at radius 2 is 1.96 bits per heavy atom. The first-order valence-corrected chi connectivity index (χ1v) is 11.0. The van der Waals surface area contributed by atoms with Gasteiger partial charge in [0, 0.05) is 24.8 Å². The van der Waals surface area contributed by atoms with Crippen LogP contribution in [0, 0.1) is 20.8 Å². The van der Waals surface area contributed by atoms with Crippen LogP contribution < -0.4 is 0 Å². The Morgan fingerprint density at radius 1 is 1.26 bits per heavy atom. The Hall–Kier alpha value is -2.15. The smallest absolute Gasteiger partial charge is 0.227 e. The van der Waals surface area contributed by atoms with E-state index >= 15 is 0 Å². The first kappa shape index (κ1) is 19.6. The van der Waals surface area contributed by atoms with Crippen molar-refractivity contribution in [2.75, 3.05) is 18.6 Å². The highest BCUT2D eigenvalue weighted by molar-refractivity contribution is 7.91. The molecule has 27 heavy (non-hydrogen) atoms. The van der Waals surface area contributed by atoms with Gasteiger partial charge < -0.3 is 4.90 Å². The lowest BCUT2D eigenvalue weighted by Crippen LogP contribution is -2.28. The number of sulfone groups is 1. The highest BCUT2D eigenvalue weighted by Gasteiger charge is 2.31. The molecule has 0 radical (unpaired) electrons. The molecule has 146 valence electrons. The molecule has 0 bridgehead atoms. The molecule has 1 aromatic heterocycles. The van der Waals surface area contributed by atoms with Gasteiger partial charge in [0.15, 0.2) is 9.84 Å². The Balaban J connectivity index is 1.73. The van der Waals surface area contributed by atoms with E-state index in [-0.39, 0.29) is 23.5 Å². The lowest BCUT2D eigenvalue weighted by molar-refractivity contribution is -0.129. The van der Waals surface area contributed by atoms with Gasteiger partial charge in [0.05, 0.1) is 29.7 Å². The van der Waals surface area contributed by atoms with Gasteiger partial charge in [0.1, 0.15) is 0 Å². The molecule has 0 saturated carbocycles.